The Balaban J connectivity index is 2.56. The van der Waals surface area contributed by atoms with Crippen LogP contribution in [0.15, 0.2) is 16.6 Å². The molecule has 0 saturated carbocycles. The van der Waals surface area contributed by atoms with E-state index in [1.165, 1.54) is 11.0 Å². The number of halogens is 1. The lowest BCUT2D eigenvalue weighted by atomic mass is 10.2. The Morgan fingerprint density at radius 3 is 2.72 bits per heavy atom. The van der Waals surface area contributed by atoms with Crippen LogP contribution in [0.25, 0.3) is 0 Å². The minimum absolute atomic E-state index is 0.0793. The number of rotatable bonds is 2. The number of anilines is 1. The van der Waals surface area contributed by atoms with Crippen LogP contribution in [0, 0.1) is 17.0 Å². The minimum atomic E-state index is -0.482. The summed E-state index contributed by atoms with van der Waals surface area (Å²) in [5.41, 5.74) is 6.68. The number of carbonyl (C=O) groups is 1. The molecule has 1 aromatic carbocycles. The Hall–Kier alpha value is -1.47. The number of aryl methyl sites for hydroxylation is 1. The Morgan fingerprint density at radius 2 is 2.22 bits per heavy atom. The van der Waals surface area contributed by atoms with Crippen LogP contribution in [0.2, 0.25) is 0 Å². The molecule has 1 fully saturated rings. The van der Waals surface area contributed by atoms with Gasteiger partial charge >= 0.3 is 0 Å². The standard InChI is InChI=1S/C11H12BrN3O3/c1-6-2-8(12)11(9(3-6)15(17)18)14-5-7(13)4-10(14)16/h2-3,7H,4-5,13H2,1H3. The van der Waals surface area contributed by atoms with Gasteiger partial charge in [-0.3, -0.25) is 14.9 Å². The van der Waals surface area contributed by atoms with Crippen molar-refractivity contribution in [3.05, 3.63) is 32.3 Å². The number of nitrogens with zero attached hydrogens (tertiary/aromatic N) is 2. The number of carbonyl (C=O) groups excluding carboxylic acids is 1. The van der Waals surface area contributed by atoms with Crippen LogP contribution >= 0.6 is 15.9 Å². The third-order valence-corrected chi connectivity index (χ3v) is 3.41. The Bertz CT molecular complexity index is 533. The maximum Gasteiger partial charge on any atom is 0.294 e. The molecule has 18 heavy (non-hydrogen) atoms. The van der Waals surface area contributed by atoms with Gasteiger partial charge in [0.1, 0.15) is 5.69 Å². The molecule has 1 amide bonds. The second kappa shape index (κ2) is 4.66. The van der Waals surface area contributed by atoms with Gasteiger partial charge in [-0.1, -0.05) is 0 Å². The second-order valence-corrected chi connectivity index (χ2v) is 5.19. The summed E-state index contributed by atoms with van der Waals surface area (Å²) in [6.07, 6.45) is 0.220. The molecule has 96 valence electrons. The van der Waals surface area contributed by atoms with Gasteiger partial charge < -0.3 is 10.6 Å². The normalized spacial score (nSPS) is 19.4. The first kappa shape index (κ1) is 13.0. The van der Waals surface area contributed by atoms with Crippen molar-refractivity contribution in [2.45, 2.75) is 19.4 Å². The van der Waals surface area contributed by atoms with E-state index in [0.717, 1.165) is 5.56 Å². The average Bonchev–Trinajstić information content (AvgIpc) is 2.56. The molecular weight excluding hydrogens is 302 g/mol. The molecule has 6 nitrogen and oxygen atoms in total. The molecule has 7 heteroatoms. The highest BCUT2D eigenvalue weighted by Gasteiger charge is 2.34. The molecule has 1 aliphatic rings. The largest absolute Gasteiger partial charge is 0.326 e. The smallest absolute Gasteiger partial charge is 0.294 e. The van der Waals surface area contributed by atoms with Crippen molar-refractivity contribution >= 4 is 33.2 Å². The van der Waals surface area contributed by atoms with Gasteiger partial charge in [0.15, 0.2) is 0 Å². The van der Waals surface area contributed by atoms with Crippen molar-refractivity contribution in [2.75, 3.05) is 11.4 Å². The zero-order valence-electron chi connectivity index (χ0n) is 9.72. The van der Waals surface area contributed by atoms with Crippen LogP contribution in [0.5, 0.6) is 0 Å². The molecule has 0 spiro atoms. The van der Waals surface area contributed by atoms with Gasteiger partial charge in [0, 0.05) is 29.5 Å². The van der Waals surface area contributed by atoms with E-state index in [4.69, 9.17) is 5.73 Å². The quantitative estimate of drug-likeness (QED) is 0.665. The summed E-state index contributed by atoms with van der Waals surface area (Å²) in [6, 6.07) is 2.93. The van der Waals surface area contributed by atoms with Crippen LogP contribution in [0.1, 0.15) is 12.0 Å². The molecule has 1 aromatic rings. The van der Waals surface area contributed by atoms with Crippen LogP contribution in [-0.2, 0) is 4.79 Å². The number of nitro groups is 1. The summed E-state index contributed by atoms with van der Waals surface area (Å²) in [6.45, 7) is 2.07. The molecule has 1 heterocycles. The molecule has 1 saturated heterocycles. The van der Waals surface area contributed by atoms with Gasteiger partial charge in [-0.25, -0.2) is 0 Å². The maximum absolute atomic E-state index is 11.8. The summed E-state index contributed by atoms with van der Waals surface area (Å²) in [5.74, 6) is -0.185. The monoisotopic (exact) mass is 313 g/mol. The first-order chi connectivity index (χ1) is 8.40. The molecule has 1 aliphatic heterocycles. The minimum Gasteiger partial charge on any atom is -0.326 e. The summed E-state index contributed by atoms with van der Waals surface area (Å²) in [7, 11) is 0. The van der Waals surface area contributed by atoms with Crippen molar-refractivity contribution in [3.63, 3.8) is 0 Å². The lowest BCUT2D eigenvalue weighted by molar-refractivity contribution is -0.384. The second-order valence-electron chi connectivity index (χ2n) is 4.34. The van der Waals surface area contributed by atoms with Gasteiger partial charge in [-0.2, -0.15) is 0 Å². The Labute approximate surface area is 112 Å². The zero-order chi connectivity index (χ0) is 13.4. The van der Waals surface area contributed by atoms with Crippen LogP contribution in [0.3, 0.4) is 0 Å². The number of hydrogen-bond donors (Lipinski definition) is 1. The molecule has 0 bridgehead atoms. The molecule has 0 aliphatic carbocycles. The number of amides is 1. The lowest BCUT2D eigenvalue weighted by Crippen LogP contribution is -2.28. The number of benzene rings is 1. The van der Waals surface area contributed by atoms with E-state index in [-0.39, 0.29) is 24.1 Å². The average molecular weight is 314 g/mol. The van der Waals surface area contributed by atoms with Crippen molar-refractivity contribution < 1.29 is 9.72 Å². The van der Waals surface area contributed by atoms with Gasteiger partial charge in [-0.05, 0) is 34.5 Å². The van der Waals surface area contributed by atoms with E-state index in [9.17, 15) is 14.9 Å². The topological polar surface area (TPSA) is 89.5 Å². The van der Waals surface area contributed by atoms with Crippen molar-refractivity contribution in [1.82, 2.24) is 0 Å². The molecule has 2 rings (SSSR count). The third kappa shape index (κ3) is 2.23. The van der Waals surface area contributed by atoms with E-state index >= 15 is 0 Å². The van der Waals surface area contributed by atoms with Crippen LogP contribution in [-0.4, -0.2) is 23.4 Å². The molecule has 0 aromatic heterocycles. The van der Waals surface area contributed by atoms with E-state index in [2.05, 4.69) is 15.9 Å². The predicted octanol–water partition coefficient (Wildman–Crippen LogP) is 1.73. The highest BCUT2D eigenvalue weighted by Crippen LogP contribution is 2.38. The van der Waals surface area contributed by atoms with Gasteiger partial charge in [-0.15, -0.1) is 0 Å². The third-order valence-electron chi connectivity index (χ3n) is 2.81. The number of nitro benzene ring substituents is 1. The summed E-state index contributed by atoms with van der Waals surface area (Å²) in [5, 5.41) is 11.1. The first-order valence-electron chi connectivity index (χ1n) is 5.40. The van der Waals surface area contributed by atoms with Crippen molar-refractivity contribution in [1.29, 1.82) is 0 Å². The first-order valence-corrected chi connectivity index (χ1v) is 6.20. The summed E-state index contributed by atoms with van der Waals surface area (Å²) < 4.78 is 0.539. The fourth-order valence-electron chi connectivity index (χ4n) is 2.07. The van der Waals surface area contributed by atoms with E-state index in [1.54, 1.807) is 13.0 Å². The molecule has 1 atom stereocenters. The van der Waals surface area contributed by atoms with E-state index in [0.29, 0.717) is 16.7 Å². The molecule has 1 unspecified atom stereocenters. The fourth-order valence-corrected chi connectivity index (χ4v) is 2.85. The van der Waals surface area contributed by atoms with Gasteiger partial charge in [0.2, 0.25) is 5.91 Å². The fraction of sp³-hybridized carbons (Fsp3) is 0.364. The highest BCUT2D eigenvalue weighted by atomic mass is 79.9. The van der Waals surface area contributed by atoms with Gasteiger partial charge in [0.05, 0.1) is 4.92 Å². The SMILES string of the molecule is Cc1cc(Br)c(N2CC(N)CC2=O)c([N+](=O)[O-])c1. The van der Waals surface area contributed by atoms with E-state index < -0.39 is 4.92 Å². The van der Waals surface area contributed by atoms with Crippen molar-refractivity contribution in [2.24, 2.45) is 5.73 Å². The Kier molecular flexibility index (Phi) is 3.36. The molecule has 0 radical (unpaired) electrons. The van der Waals surface area contributed by atoms with Crippen LogP contribution < -0.4 is 10.6 Å². The number of hydrogen-bond acceptors (Lipinski definition) is 4. The zero-order valence-corrected chi connectivity index (χ0v) is 11.3. The van der Waals surface area contributed by atoms with Gasteiger partial charge in [0.25, 0.3) is 5.69 Å². The predicted molar refractivity (Wildman–Crippen MR) is 70.5 cm³/mol. The number of nitrogens with two attached hydrogens (primary N) is 1. The summed E-state index contributed by atoms with van der Waals surface area (Å²) >= 11 is 3.28. The lowest BCUT2D eigenvalue weighted by Gasteiger charge is -2.18. The molecule has 2 N–H and O–H groups in total. The van der Waals surface area contributed by atoms with E-state index in [1.807, 2.05) is 0 Å². The maximum atomic E-state index is 11.8. The summed E-state index contributed by atoms with van der Waals surface area (Å²) in [4.78, 5) is 23.8. The Morgan fingerprint density at radius 1 is 1.56 bits per heavy atom. The molecular formula is C11H12BrN3O3. The van der Waals surface area contributed by atoms with Crippen LogP contribution in [0.4, 0.5) is 11.4 Å². The highest BCUT2D eigenvalue weighted by molar-refractivity contribution is 9.10. The van der Waals surface area contributed by atoms with Crippen molar-refractivity contribution in [3.8, 4) is 0 Å².